The van der Waals surface area contributed by atoms with Crippen molar-refractivity contribution in [3.63, 3.8) is 0 Å². The largest absolute Gasteiger partial charge is 0.350 e. The number of carbonyl (C=O) groups excluding carboxylic acids is 2. The van der Waals surface area contributed by atoms with E-state index in [1.54, 1.807) is 9.80 Å². The van der Waals surface area contributed by atoms with Crippen LogP contribution in [0, 0.1) is 0 Å². The molecule has 1 spiro atoms. The van der Waals surface area contributed by atoms with Gasteiger partial charge in [-0.05, 0) is 50.2 Å². The zero-order chi connectivity index (χ0) is 18.6. The Kier molecular flexibility index (Phi) is 3.64. The van der Waals surface area contributed by atoms with E-state index in [0.29, 0.717) is 18.8 Å². The second-order valence-electron chi connectivity index (χ2n) is 7.94. The fourth-order valence-electron chi connectivity index (χ4n) is 5.04. The first-order valence-electron chi connectivity index (χ1n) is 9.76. The topological polar surface area (TPSA) is 66.7 Å². The Labute approximate surface area is 158 Å². The quantitative estimate of drug-likeness (QED) is 0.779. The molecule has 5 rings (SSSR count). The number of amides is 2. The van der Waals surface area contributed by atoms with Gasteiger partial charge in [-0.1, -0.05) is 23.4 Å². The van der Waals surface area contributed by atoms with Crippen molar-refractivity contribution in [2.75, 3.05) is 25.0 Å². The highest BCUT2D eigenvalue weighted by molar-refractivity contribution is 6.08. The summed E-state index contributed by atoms with van der Waals surface area (Å²) in [6.07, 6.45) is 5.46. The summed E-state index contributed by atoms with van der Waals surface area (Å²) >= 11 is 0. The standard InChI is InChI=1S/C21H23N3O3/c1-23-17-10-5-3-8-15(17)21(20(23)26)11-6-12-24(13-21)19(25)18-14-7-2-4-9-16(14)22-27-18/h3,5,8,10H,2,4,6-7,9,11-13H2,1H3. The van der Waals surface area contributed by atoms with E-state index < -0.39 is 5.41 Å². The van der Waals surface area contributed by atoms with Gasteiger partial charge in [0.15, 0.2) is 0 Å². The summed E-state index contributed by atoms with van der Waals surface area (Å²) in [5.41, 5.74) is 3.25. The van der Waals surface area contributed by atoms with Crippen LogP contribution >= 0.6 is 0 Å². The molecule has 1 unspecified atom stereocenters. The Balaban J connectivity index is 1.49. The van der Waals surface area contributed by atoms with Gasteiger partial charge in [-0.3, -0.25) is 9.59 Å². The SMILES string of the molecule is CN1C(=O)C2(CCCN(C(=O)c3onc4c3CCCC4)C2)c2ccccc21. The first-order chi connectivity index (χ1) is 13.1. The smallest absolute Gasteiger partial charge is 0.292 e. The van der Waals surface area contributed by atoms with Crippen molar-refractivity contribution < 1.29 is 14.1 Å². The van der Waals surface area contributed by atoms with E-state index in [-0.39, 0.29) is 11.8 Å². The molecule has 1 aromatic heterocycles. The lowest BCUT2D eigenvalue weighted by molar-refractivity contribution is -0.124. The van der Waals surface area contributed by atoms with Crippen molar-refractivity contribution >= 4 is 17.5 Å². The number of likely N-dealkylation sites (N-methyl/N-ethyl adjacent to an activating group) is 1. The molecular weight excluding hydrogens is 342 g/mol. The van der Waals surface area contributed by atoms with Crippen molar-refractivity contribution in [1.82, 2.24) is 10.1 Å². The van der Waals surface area contributed by atoms with Crippen molar-refractivity contribution in [2.45, 2.75) is 43.9 Å². The molecule has 2 aliphatic heterocycles. The third-order valence-corrected chi connectivity index (χ3v) is 6.43. The van der Waals surface area contributed by atoms with Crippen LogP contribution in [0.25, 0.3) is 0 Å². The first kappa shape index (κ1) is 16.5. The molecule has 1 atom stereocenters. The van der Waals surface area contributed by atoms with Crippen LogP contribution in [0.4, 0.5) is 5.69 Å². The maximum absolute atomic E-state index is 13.2. The Morgan fingerprint density at radius 1 is 1.19 bits per heavy atom. The van der Waals surface area contributed by atoms with Crippen molar-refractivity contribution in [3.05, 3.63) is 46.8 Å². The summed E-state index contributed by atoms with van der Waals surface area (Å²) in [5.74, 6) is 0.346. The van der Waals surface area contributed by atoms with E-state index >= 15 is 0 Å². The second kappa shape index (κ2) is 5.94. The van der Waals surface area contributed by atoms with Gasteiger partial charge in [-0.25, -0.2) is 0 Å². The Morgan fingerprint density at radius 3 is 2.89 bits per heavy atom. The number of aromatic nitrogens is 1. The van der Waals surface area contributed by atoms with Crippen LogP contribution in [0.3, 0.4) is 0 Å². The number of fused-ring (bicyclic) bond motifs is 3. The molecule has 1 saturated heterocycles. The summed E-state index contributed by atoms with van der Waals surface area (Å²) in [5, 5.41) is 4.13. The summed E-state index contributed by atoms with van der Waals surface area (Å²) in [6, 6.07) is 7.94. The summed E-state index contributed by atoms with van der Waals surface area (Å²) in [7, 11) is 1.82. The number of nitrogens with zero attached hydrogens (tertiary/aromatic N) is 3. The number of piperidine rings is 1. The predicted octanol–water partition coefficient (Wildman–Crippen LogP) is 2.70. The number of para-hydroxylation sites is 1. The molecule has 2 amide bonds. The van der Waals surface area contributed by atoms with Gasteiger partial charge < -0.3 is 14.3 Å². The molecule has 6 heteroatoms. The van der Waals surface area contributed by atoms with Crippen molar-refractivity contribution in [3.8, 4) is 0 Å². The van der Waals surface area contributed by atoms with Crippen LogP contribution in [0.1, 0.15) is 53.1 Å². The number of likely N-dealkylation sites (tertiary alicyclic amines) is 1. The zero-order valence-corrected chi connectivity index (χ0v) is 15.5. The van der Waals surface area contributed by atoms with E-state index in [2.05, 4.69) is 5.16 Å². The monoisotopic (exact) mass is 365 g/mol. The molecule has 0 radical (unpaired) electrons. The molecule has 27 heavy (non-hydrogen) atoms. The molecule has 3 aliphatic rings. The van der Waals surface area contributed by atoms with Gasteiger partial charge in [0, 0.05) is 31.4 Å². The average Bonchev–Trinajstić information content (AvgIpc) is 3.23. The van der Waals surface area contributed by atoms with Gasteiger partial charge in [0.05, 0.1) is 11.1 Å². The van der Waals surface area contributed by atoms with Gasteiger partial charge in [0.2, 0.25) is 11.7 Å². The lowest BCUT2D eigenvalue weighted by Gasteiger charge is -2.39. The summed E-state index contributed by atoms with van der Waals surface area (Å²) < 4.78 is 5.46. The highest BCUT2D eigenvalue weighted by Gasteiger charge is 2.52. The molecule has 1 fully saturated rings. The van der Waals surface area contributed by atoms with Crippen molar-refractivity contribution in [2.24, 2.45) is 0 Å². The number of hydrogen-bond donors (Lipinski definition) is 0. The highest BCUT2D eigenvalue weighted by Crippen LogP contribution is 2.46. The Morgan fingerprint density at radius 2 is 2.00 bits per heavy atom. The minimum absolute atomic E-state index is 0.0841. The lowest BCUT2D eigenvalue weighted by Crippen LogP contribution is -2.53. The van der Waals surface area contributed by atoms with Crippen LogP contribution in [-0.2, 0) is 23.1 Å². The van der Waals surface area contributed by atoms with Gasteiger partial charge in [-0.2, -0.15) is 0 Å². The average molecular weight is 365 g/mol. The Bertz CT molecular complexity index is 935. The predicted molar refractivity (Wildman–Crippen MR) is 99.8 cm³/mol. The molecule has 2 aromatic rings. The minimum Gasteiger partial charge on any atom is -0.350 e. The van der Waals surface area contributed by atoms with Crippen LogP contribution in [-0.4, -0.2) is 42.0 Å². The number of aryl methyl sites for hydroxylation is 1. The summed E-state index contributed by atoms with van der Waals surface area (Å²) in [4.78, 5) is 30.0. The summed E-state index contributed by atoms with van der Waals surface area (Å²) in [6.45, 7) is 1.05. The van der Waals surface area contributed by atoms with E-state index in [4.69, 9.17) is 4.52 Å². The maximum atomic E-state index is 13.2. The lowest BCUT2D eigenvalue weighted by atomic mass is 9.75. The number of rotatable bonds is 1. The number of anilines is 1. The molecule has 140 valence electrons. The van der Waals surface area contributed by atoms with Gasteiger partial charge in [0.25, 0.3) is 5.91 Å². The number of carbonyl (C=O) groups is 2. The molecule has 0 N–H and O–H groups in total. The molecule has 1 aromatic carbocycles. The van der Waals surface area contributed by atoms with Gasteiger partial charge in [-0.15, -0.1) is 0 Å². The third kappa shape index (κ3) is 2.28. The molecule has 6 nitrogen and oxygen atoms in total. The normalized spacial score (nSPS) is 24.3. The van der Waals surface area contributed by atoms with Gasteiger partial charge in [0.1, 0.15) is 0 Å². The van der Waals surface area contributed by atoms with Crippen LogP contribution in [0.5, 0.6) is 0 Å². The molecular formula is C21H23N3O3. The van der Waals surface area contributed by atoms with Crippen LogP contribution in [0.2, 0.25) is 0 Å². The third-order valence-electron chi connectivity index (χ3n) is 6.43. The number of hydrogen-bond acceptors (Lipinski definition) is 4. The van der Waals surface area contributed by atoms with Crippen molar-refractivity contribution in [1.29, 1.82) is 0 Å². The first-order valence-corrected chi connectivity index (χ1v) is 9.76. The zero-order valence-electron chi connectivity index (χ0n) is 15.5. The van der Waals surface area contributed by atoms with Crippen LogP contribution in [0.15, 0.2) is 28.8 Å². The van der Waals surface area contributed by atoms with E-state index in [9.17, 15) is 9.59 Å². The minimum atomic E-state index is -0.640. The van der Waals surface area contributed by atoms with E-state index in [1.807, 2.05) is 31.3 Å². The number of benzene rings is 1. The Hall–Kier alpha value is -2.63. The fraction of sp³-hybridized carbons (Fsp3) is 0.476. The second-order valence-corrected chi connectivity index (χ2v) is 7.94. The van der Waals surface area contributed by atoms with E-state index in [0.717, 1.165) is 61.0 Å². The van der Waals surface area contributed by atoms with Gasteiger partial charge >= 0.3 is 0 Å². The maximum Gasteiger partial charge on any atom is 0.292 e. The molecule has 0 bridgehead atoms. The fourth-order valence-corrected chi connectivity index (χ4v) is 5.04. The molecule has 1 aliphatic carbocycles. The molecule has 3 heterocycles. The van der Waals surface area contributed by atoms with E-state index in [1.165, 1.54) is 0 Å². The van der Waals surface area contributed by atoms with Crippen LogP contribution < -0.4 is 4.90 Å². The molecule has 0 saturated carbocycles. The highest BCUT2D eigenvalue weighted by atomic mass is 16.5.